The van der Waals surface area contributed by atoms with Crippen LogP contribution < -0.4 is 15.4 Å². The van der Waals surface area contributed by atoms with Gasteiger partial charge in [0.1, 0.15) is 5.75 Å². The number of hydrogen-bond donors (Lipinski definition) is 2. The van der Waals surface area contributed by atoms with E-state index in [1.807, 2.05) is 49.4 Å². The molecule has 0 fully saturated rings. The molecule has 2 aromatic rings. The van der Waals surface area contributed by atoms with Gasteiger partial charge in [0.05, 0.1) is 5.69 Å². The van der Waals surface area contributed by atoms with E-state index in [-0.39, 0.29) is 18.6 Å². The Balaban J connectivity index is 1.81. The molecule has 1 heterocycles. The molecule has 0 radical (unpaired) electrons. The molecule has 3 rings (SSSR count). The summed E-state index contributed by atoms with van der Waals surface area (Å²) < 4.78 is 5.34. The van der Waals surface area contributed by atoms with Crippen molar-refractivity contribution in [3.05, 3.63) is 53.1 Å². The molecule has 2 N–H and O–H groups in total. The zero-order chi connectivity index (χ0) is 14.8. The number of rotatable bonds is 3. The van der Waals surface area contributed by atoms with Crippen LogP contribution in [-0.2, 0) is 4.79 Å². The molecule has 5 heteroatoms. The summed E-state index contributed by atoms with van der Waals surface area (Å²) >= 11 is 6.20. The van der Waals surface area contributed by atoms with Gasteiger partial charge >= 0.3 is 0 Å². The number of amides is 1. The number of halogens is 1. The lowest BCUT2D eigenvalue weighted by atomic mass is 10.1. The maximum Gasteiger partial charge on any atom is 0.262 e. The number of fused-ring (bicyclic) bond motifs is 1. The smallest absolute Gasteiger partial charge is 0.262 e. The highest BCUT2D eigenvalue weighted by Crippen LogP contribution is 2.32. The summed E-state index contributed by atoms with van der Waals surface area (Å²) in [5, 5.41) is 6.90. The van der Waals surface area contributed by atoms with Crippen LogP contribution in [0.25, 0.3) is 0 Å². The van der Waals surface area contributed by atoms with Gasteiger partial charge in [-0.2, -0.15) is 0 Å². The number of carbonyl (C=O) groups excluding carboxylic acids is 1. The van der Waals surface area contributed by atoms with Crippen LogP contribution >= 0.6 is 11.6 Å². The lowest BCUT2D eigenvalue weighted by Crippen LogP contribution is -2.25. The predicted molar refractivity (Wildman–Crippen MR) is 84.1 cm³/mol. The van der Waals surface area contributed by atoms with Gasteiger partial charge in [-0.05, 0) is 36.8 Å². The molecular weight excluding hydrogens is 288 g/mol. The first-order valence-electron chi connectivity index (χ1n) is 6.71. The van der Waals surface area contributed by atoms with Gasteiger partial charge in [-0.15, -0.1) is 0 Å². The van der Waals surface area contributed by atoms with Crippen LogP contribution in [0.5, 0.6) is 5.75 Å². The Labute approximate surface area is 128 Å². The van der Waals surface area contributed by atoms with Gasteiger partial charge in [-0.25, -0.2) is 0 Å². The van der Waals surface area contributed by atoms with E-state index in [2.05, 4.69) is 10.6 Å². The zero-order valence-electron chi connectivity index (χ0n) is 11.5. The maximum atomic E-state index is 11.4. The number of ether oxygens (including phenoxy) is 1. The molecule has 0 spiro atoms. The minimum atomic E-state index is -0.140. The van der Waals surface area contributed by atoms with Crippen molar-refractivity contribution < 1.29 is 9.53 Å². The second kappa shape index (κ2) is 5.66. The fourth-order valence-corrected chi connectivity index (χ4v) is 2.63. The van der Waals surface area contributed by atoms with Crippen molar-refractivity contribution in [1.29, 1.82) is 0 Å². The molecule has 1 unspecified atom stereocenters. The van der Waals surface area contributed by atoms with Gasteiger partial charge in [0.25, 0.3) is 5.91 Å². The maximum absolute atomic E-state index is 11.4. The van der Waals surface area contributed by atoms with Crippen LogP contribution in [0.2, 0.25) is 5.02 Å². The summed E-state index contributed by atoms with van der Waals surface area (Å²) in [6.07, 6.45) is 0. The fraction of sp³-hybridized carbons (Fsp3) is 0.188. The van der Waals surface area contributed by atoms with E-state index in [4.69, 9.17) is 16.3 Å². The van der Waals surface area contributed by atoms with Gasteiger partial charge in [0.2, 0.25) is 0 Å². The second-order valence-electron chi connectivity index (χ2n) is 4.94. The van der Waals surface area contributed by atoms with Crippen molar-refractivity contribution >= 4 is 28.9 Å². The highest BCUT2D eigenvalue weighted by Gasteiger charge is 2.16. The van der Waals surface area contributed by atoms with E-state index < -0.39 is 0 Å². The number of anilines is 2. The molecule has 108 valence electrons. The third-order valence-corrected chi connectivity index (χ3v) is 3.71. The van der Waals surface area contributed by atoms with Crippen LogP contribution in [-0.4, -0.2) is 12.5 Å². The van der Waals surface area contributed by atoms with E-state index in [0.717, 1.165) is 16.3 Å². The van der Waals surface area contributed by atoms with Crippen molar-refractivity contribution in [1.82, 2.24) is 0 Å². The Hall–Kier alpha value is -2.20. The number of carbonyl (C=O) groups is 1. The van der Waals surface area contributed by atoms with Crippen LogP contribution in [0.15, 0.2) is 42.5 Å². The Morgan fingerprint density at radius 3 is 2.90 bits per heavy atom. The van der Waals surface area contributed by atoms with Gasteiger partial charge in [-0.1, -0.05) is 29.8 Å². The molecule has 2 aromatic carbocycles. The Morgan fingerprint density at radius 2 is 2.10 bits per heavy atom. The summed E-state index contributed by atoms with van der Waals surface area (Å²) in [5.74, 6) is 0.546. The van der Waals surface area contributed by atoms with Crippen LogP contribution in [0.3, 0.4) is 0 Å². The largest absolute Gasteiger partial charge is 0.482 e. The van der Waals surface area contributed by atoms with Gasteiger partial charge in [0.15, 0.2) is 6.61 Å². The van der Waals surface area contributed by atoms with Crippen LogP contribution in [0.1, 0.15) is 18.5 Å². The molecule has 1 aliphatic heterocycles. The Kier molecular flexibility index (Phi) is 3.71. The molecule has 0 saturated heterocycles. The third-order valence-electron chi connectivity index (χ3n) is 3.37. The van der Waals surface area contributed by atoms with E-state index in [1.165, 1.54) is 0 Å². The van der Waals surface area contributed by atoms with E-state index >= 15 is 0 Å². The molecule has 0 aromatic heterocycles. The molecule has 1 amide bonds. The molecule has 4 nitrogen and oxygen atoms in total. The fourth-order valence-electron chi connectivity index (χ4n) is 2.33. The number of benzene rings is 2. The first kappa shape index (κ1) is 13.8. The van der Waals surface area contributed by atoms with Crippen LogP contribution in [0.4, 0.5) is 11.4 Å². The molecule has 21 heavy (non-hydrogen) atoms. The number of nitrogens with one attached hydrogen (secondary N) is 2. The summed E-state index contributed by atoms with van der Waals surface area (Å²) in [6, 6.07) is 13.4. The standard InChI is InChI=1S/C16H15ClN2O2/c1-10(12-4-2-3-5-13(12)17)18-11-6-7-15-14(8-11)19-16(20)9-21-15/h2-8,10,18H,9H2,1H3,(H,19,20). The average molecular weight is 303 g/mol. The second-order valence-corrected chi connectivity index (χ2v) is 5.34. The van der Waals surface area contributed by atoms with Crippen LogP contribution in [0, 0.1) is 0 Å². The van der Waals surface area contributed by atoms with Gasteiger partial charge in [0, 0.05) is 16.8 Å². The molecule has 0 saturated carbocycles. The number of hydrogen-bond acceptors (Lipinski definition) is 3. The van der Waals surface area contributed by atoms with Gasteiger partial charge in [-0.3, -0.25) is 4.79 Å². The monoisotopic (exact) mass is 302 g/mol. The Morgan fingerprint density at radius 1 is 1.29 bits per heavy atom. The zero-order valence-corrected chi connectivity index (χ0v) is 12.3. The van der Waals surface area contributed by atoms with Crippen molar-refractivity contribution in [3.8, 4) is 5.75 Å². The first-order valence-corrected chi connectivity index (χ1v) is 7.09. The summed E-state index contributed by atoms with van der Waals surface area (Å²) in [5.41, 5.74) is 2.60. The molecule has 1 aliphatic rings. The third kappa shape index (κ3) is 2.95. The van der Waals surface area contributed by atoms with E-state index in [0.29, 0.717) is 11.4 Å². The first-order chi connectivity index (χ1) is 10.1. The topological polar surface area (TPSA) is 50.4 Å². The molecule has 0 aliphatic carbocycles. The molecule has 0 bridgehead atoms. The van der Waals surface area contributed by atoms with E-state index in [9.17, 15) is 4.79 Å². The van der Waals surface area contributed by atoms with Crippen molar-refractivity contribution in [2.24, 2.45) is 0 Å². The summed E-state index contributed by atoms with van der Waals surface area (Å²) in [4.78, 5) is 11.4. The minimum Gasteiger partial charge on any atom is -0.482 e. The SMILES string of the molecule is CC(Nc1ccc2c(c1)NC(=O)CO2)c1ccccc1Cl. The Bertz CT molecular complexity index is 688. The molecular formula is C16H15ClN2O2. The van der Waals surface area contributed by atoms with Gasteiger partial charge < -0.3 is 15.4 Å². The van der Waals surface area contributed by atoms with E-state index in [1.54, 1.807) is 0 Å². The predicted octanol–water partition coefficient (Wildman–Crippen LogP) is 3.84. The van der Waals surface area contributed by atoms with Crippen molar-refractivity contribution in [2.75, 3.05) is 17.2 Å². The highest BCUT2D eigenvalue weighted by atomic mass is 35.5. The minimum absolute atomic E-state index is 0.0527. The quantitative estimate of drug-likeness (QED) is 0.905. The average Bonchev–Trinajstić information content (AvgIpc) is 2.47. The van der Waals surface area contributed by atoms with Crippen molar-refractivity contribution in [3.63, 3.8) is 0 Å². The van der Waals surface area contributed by atoms with Crippen molar-refractivity contribution in [2.45, 2.75) is 13.0 Å². The summed E-state index contributed by atoms with van der Waals surface area (Å²) in [6.45, 7) is 2.10. The summed E-state index contributed by atoms with van der Waals surface area (Å²) in [7, 11) is 0. The lowest BCUT2D eigenvalue weighted by molar-refractivity contribution is -0.118. The highest BCUT2D eigenvalue weighted by molar-refractivity contribution is 6.31. The normalized spacial score (nSPS) is 14.7. The lowest BCUT2D eigenvalue weighted by Gasteiger charge is -2.21. The molecule has 1 atom stereocenters.